The summed E-state index contributed by atoms with van der Waals surface area (Å²) >= 11 is 0. The minimum Gasteiger partial charge on any atom is -0.406 e. The fourth-order valence-corrected chi connectivity index (χ4v) is 1.33. The summed E-state index contributed by atoms with van der Waals surface area (Å²) in [5.74, 6) is -0.785. The van der Waals surface area contributed by atoms with E-state index in [9.17, 15) is 18.0 Å². The predicted molar refractivity (Wildman–Crippen MR) is 58.7 cm³/mol. The van der Waals surface area contributed by atoms with Gasteiger partial charge in [0.05, 0.1) is 6.54 Å². The number of hydrogen-bond acceptors (Lipinski definition) is 3. The molecule has 0 fully saturated rings. The number of ether oxygens (including phenoxy) is 1. The second kappa shape index (κ2) is 5.72. The Balaban J connectivity index is 2.62. The molecular weight excluding hydrogens is 249 g/mol. The van der Waals surface area contributed by atoms with Gasteiger partial charge in [0.15, 0.2) is 0 Å². The van der Waals surface area contributed by atoms with Crippen LogP contribution in [0, 0.1) is 0 Å². The van der Waals surface area contributed by atoms with E-state index in [2.05, 4.69) is 10.1 Å². The van der Waals surface area contributed by atoms with E-state index in [1.54, 1.807) is 6.92 Å². The smallest absolute Gasteiger partial charge is 0.406 e. The standard InChI is InChI=1S/C11H13F3N2O2/c1-7(16-6-10(15)17)8-2-4-9(5-3-8)18-11(12,13)14/h2-5,7,16H,6H2,1H3,(H2,15,17). The Kier molecular flexibility index (Phi) is 4.55. The summed E-state index contributed by atoms with van der Waals surface area (Å²) in [4.78, 5) is 10.6. The van der Waals surface area contributed by atoms with Gasteiger partial charge in [0.1, 0.15) is 5.75 Å². The van der Waals surface area contributed by atoms with Gasteiger partial charge >= 0.3 is 6.36 Å². The SMILES string of the molecule is CC(NCC(N)=O)c1ccc(OC(F)(F)F)cc1. The molecule has 0 spiro atoms. The minimum absolute atomic E-state index is 0.00195. The van der Waals surface area contributed by atoms with Gasteiger partial charge in [0.25, 0.3) is 0 Å². The van der Waals surface area contributed by atoms with E-state index in [4.69, 9.17) is 5.73 Å². The quantitative estimate of drug-likeness (QED) is 0.849. The van der Waals surface area contributed by atoms with Crippen molar-refractivity contribution in [3.8, 4) is 5.75 Å². The molecule has 1 atom stereocenters. The van der Waals surface area contributed by atoms with Gasteiger partial charge in [0.2, 0.25) is 5.91 Å². The van der Waals surface area contributed by atoms with Crippen LogP contribution in [0.25, 0.3) is 0 Å². The lowest BCUT2D eigenvalue weighted by atomic mass is 10.1. The van der Waals surface area contributed by atoms with E-state index in [1.807, 2.05) is 0 Å². The lowest BCUT2D eigenvalue weighted by Gasteiger charge is -2.14. The fraction of sp³-hybridized carbons (Fsp3) is 0.364. The molecule has 0 heterocycles. The van der Waals surface area contributed by atoms with Crippen LogP contribution >= 0.6 is 0 Å². The molecular formula is C11H13F3N2O2. The van der Waals surface area contributed by atoms with Crippen LogP contribution in [-0.4, -0.2) is 18.8 Å². The zero-order valence-electron chi connectivity index (χ0n) is 9.62. The fourth-order valence-electron chi connectivity index (χ4n) is 1.33. The van der Waals surface area contributed by atoms with Crippen LogP contribution in [-0.2, 0) is 4.79 Å². The van der Waals surface area contributed by atoms with E-state index in [0.717, 1.165) is 5.56 Å². The Morgan fingerprint density at radius 3 is 2.39 bits per heavy atom. The molecule has 1 rings (SSSR count). The Morgan fingerprint density at radius 2 is 1.94 bits per heavy atom. The number of carbonyl (C=O) groups is 1. The summed E-state index contributed by atoms with van der Waals surface area (Å²) in [6.45, 7) is 1.77. The largest absolute Gasteiger partial charge is 0.573 e. The lowest BCUT2D eigenvalue weighted by Crippen LogP contribution is -2.30. The van der Waals surface area contributed by atoms with Gasteiger partial charge in [-0.1, -0.05) is 12.1 Å². The summed E-state index contributed by atoms with van der Waals surface area (Å²) in [5, 5.41) is 2.83. The first-order valence-electron chi connectivity index (χ1n) is 5.15. The number of alkyl halides is 3. The Bertz CT molecular complexity index is 404. The van der Waals surface area contributed by atoms with Crippen molar-refractivity contribution in [3.63, 3.8) is 0 Å². The molecule has 18 heavy (non-hydrogen) atoms. The molecule has 0 aliphatic rings. The first-order valence-corrected chi connectivity index (χ1v) is 5.15. The van der Waals surface area contributed by atoms with Crippen molar-refractivity contribution in [2.75, 3.05) is 6.54 Å². The van der Waals surface area contributed by atoms with Gasteiger partial charge in [-0.2, -0.15) is 0 Å². The molecule has 0 saturated heterocycles. The maximum Gasteiger partial charge on any atom is 0.573 e. The summed E-state index contributed by atoms with van der Waals surface area (Å²) < 4.78 is 39.5. The number of nitrogens with two attached hydrogens (primary N) is 1. The van der Waals surface area contributed by atoms with Gasteiger partial charge in [-0.25, -0.2) is 0 Å². The molecule has 1 aromatic carbocycles. The molecule has 7 heteroatoms. The van der Waals surface area contributed by atoms with Gasteiger partial charge in [-0.3, -0.25) is 4.79 Å². The monoisotopic (exact) mass is 262 g/mol. The third-order valence-electron chi connectivity index (χ3n) is 2.20. The number of primary amides is 1. The molecule has 0 bridgehead atoms. The van der Waals surface area contributed by atoms with E-state index in [1.165, 1.54) is 24.3 Å². The second-order valence-corrected chi connectivity index (χ2v) is 3.69. The average molecular weight is 262 g/mol. The molecule has 0 aliphatic carbocycles. The normalized spacial score (nSPS) is 13.1. The van der Waals surface area contributed by atoms with Crippen molar-refractivity contribution < 1.29 is 22.7 Å². The molecule has 1 aromatic rings. The maximum absolute atomic E-state index is 11.9. The lowest BCUT2D eigenvalue weighted by molar-refractivity contribution is -0.274. The Labute approximate surface area is 102 Å². The molecule has 4 nitrogen and oxygen atoms in total. The molecule has 0 aliphatic heterocycles. The molecule has 0 aromatic heterocycles. The molecule has 0 saturated carbocycles. The van der Waals surface area contributed by atoms with Crippen LogP contribution in [0.1, 0.15) is 18.5 Å². The highest BCUT2D eigenvalue weighted by atomic mass is 19.4. The van der Waals surface area contributed by atoms with Gasteiger partial charge < -0.3 is 15.8 Å². The first-order chi connectivity index (χ1) is 8.28. The summed E-state index contributed by atoms with van der Waals surface area (Å²) in [7, 11) is 0. The summed E-state index contributed by atoms with van der Waals surface area (Å²) in [6.07, 6.45) is -4.70. The van der Waals surface area contributed by atoms with E-state index in [-0.39, 0.29) is 18.3 Å². The number of rotatable bonds is 5. The van der Waals surface area contributed by atoms with E-state index < -0.39 is 12.3 Å². The highest BCUT2D eigenvalue weighted by molar-refractivity contribution is 5.75. The Morgan fingerprint density at radius 1 is 1.39 bits per heavy atom. The molecule has 100 valence electrons. The Hall–Kier alpha value is -1.76. The number of halogens is 3. The first kappa shape index (κ1) is 14.3. The topological polar surface area (TPSA) is 64.3 Å². The van der Waals surface area contributed by atoms with Crippen molar-refractivity contribution in [3.05, 3.63) is 29.8 Å². The van der Waals surface area contributed by atoms with Crippen LogP contribution in [0.3, 0.4) is 0 Å². The second-order valence-electron chi connectivity index (χ2n) is 3.69. The zero-order valence-corrected chi connectivity index (χ0v) is 9.62. The number of amides is 1. The van der Waals surface area contributed by atoms with Crippen LogP contribution < -0.4 is 15.8 Å². The molecule has 0 radical (unpaired) electrons. The highest BCUT2D eigenvalue weighted by Crippen LogP contribution is 2.24. The summed E-state index contributed by atoms with van der Waals surface area (Å²) in [5.41, 5.74) is 5.69. The summed E-state index contributed by atoms with van der Waals surface area (Å²) in [6, 6.07) is 5.20. The van der Waals surface area contributed by atoms with Gasteiger partial charge in [-0.15, -0.1) is 13.2 Å². The van der Waals surface area contributed by atoms with Crippen LogP contribution in [0.15, 0.2) is 24.3 Å². The van der Waals surface area contributed by atoms with E-state index in [0.29, 0.717) is 0 Å². The molecule has 3 N–H and O–H groups in total. The zero-order chi connectivity index (χ0) is 13.8. The highest BCUT2D eigenvalue weighted by Gasteiger charge is 2.30. The van der Waals surface area contributed by atoms with Gasteiger partial charge in [-0.05, 0) is 24.6 Å². The molecule has 1 amide bonds. The molecule has 1 unspecified atom stereocenters. The van der Waals surface area contributed by atoms with Gasteiger partial charge in [0, 0.05) is 6.04 Å². The van der Waals surface area contributed by atoms with Crippen LogP contribution in [0.5, 0.6) is 5.75 Å². The van der Waals surface area contributed by atoms with Crippen molar-refractivity contribution in [2.45, 2.75) is 19.3 Å². The van der Waals surface area contributed by atoms with Crippen molar-refractivity contribution >= 4 is 5.91 Å². The van der Waals surface area contributed by atoms with Crippen molar-refractivity contribution in [1.29, 1.82) is 0 Å². The predicted octanol–water partition coefficient (Wildman–Crippen LogP) is 1.72. The number of benzene rings is 1. The minimum atomic E-state index is -4.70. The number of carbonyl (C=O) groups excluding carboxylic acids is 1. The van der Waals surface area contributed by atoms with Crippen molar-refractivity contribution in [1.82, 2.24) is 5.32 Å². The third kappa shape index (κ3) is 5.05. The van der Waals surface area contributed by atoms with E-state index >= 15 is 0 Å². The number of hydrogen-bond donors (Lipinski definition) is 2. The maximum atomic E-state index is 11.9. The third-order valence-corrected chi connectivity index (χ3v) is 2.20. The number of nitrogens with one attached hydrogen (secondary N) is 1. The average Bonchev–Trinajstić information content (AvgIpc) is 2.24. The van der Waals surface area contributed by atoms with Crippen molar-refractivity contribution in [2.24, 2.45) is 5.73 Å². The van der Waals surface area contributed by atoms with Crippen LogP contribution in [0.2, 0.25) is 0 Å². The van der Waals surface area contributed by atoms with Crippen LogP contribution in [0.4, 0.5) is 13.2 Å².